The second-order valence-electron chi connectivity index (χ2n) is 5.52. The van der Waals surface area contributed by atoms with E-state index in [9.17, 15) is 9.50 Å². The van der Waals surface area contributed by atoms with Crippen LogP contribution in [0.5, 0.6) is 0 Å². The van der Waals surface area contributed by atoms with Crippen LogP contribution in [0, 0.1) is 5.82 Å². The Hall–Kier alpha value is -0.410. The summed E-state index contributed by atoms with van der Waals surface area (Å²) in [7, 11) is 0. The highest BCUT2D eigenvalue weighted by atomic mass is 79.9. The Morgan fingerprint density at radius 1 is 1.10 bits per heavy atom. The van der Waals surface area contributed by atoms with Crippen molar-refractivity contribution < 1.29 is 9.50 Å². The molecule has 0 heterocycles. The minimum absolute atomic E-state index is 0.254. The van der Waals surface area contributed by atoms with Crippen molar-refractivity contribution in [2.45, 2.75) is 70.8 Å². The summed E-state index contributed by atoms with van der Waals surface area (Å²) in [5, 5.41) is 9.99. The first kappa shape index (κ1) is 17.6. The summed E-state index contributed by atoms with van der Waals surface area (Å²) in [6, 6.07) is 4.94. The number of halogens is 2. The molecule has 1 unspecified atom stereocenters. The zero-order valence-electron chi connectivity index (χ0n) is 12.4. The lowest BCUT2D eigenvalue weighted by Gasteiger charge is -2.11. The van der Waals surface area contributed by atoms with Gasteiger partial charge in [0.15, 0.2) is 0 Å². The van der Waals surface area contributed by atoms with Gasteiger partial charge < -0.3 is 5.11 Å². The molecule has 0 amide bonds. The summed E-state index contributed by atoms with van der Waals surface area (Å²) in [6.07, 6.45) is 9.95. The van der Waals surface area contributed by atoms with E-state index in [0.717, 1.165) is 18.4 Å². The lowest BCUT2D eigenvalue weighted by molar-refractivity contribution is 0.161. The number of aliphatic hydroxyl groups excluding tert-OH is 1. The van der Waals surface area contributed by atoms with E-state index in [1.165, 1.54) is 44.6 Å². The van der Waals surface area contributed by atoms with Crippen LogP contribution in [0.2, 0.25) is 0 Å². The highest BCUT2D eigenvalue weighted by Crippen LogP contribution is 2.19. The smallest absolute Gasteiger partial charge is 0.137 e. The Morgan fingerprint density at radius 3 is 2.40 bits per heavy atom. The first-order chi connectivity index (χ1) is 9.63. The summed E-state index contributed by atoms with van der Waals surface area (Å²) < 4.78 is 13.6. The lowest BCUT2D eigenvalue weighted by atomic mass is 10.0. The Balaban J connectivity index is 2.13. The molecule has 1 nitrogen and oxygen atoms in total. The van der Waals surface area contributed by atoms with Gasteiger partial charge in [-0.2, -0.15) is 0 Å². The maximum atomic E-state index is 13.1. The van der Waals surface area contributed by atoms with Crippen molar-refractivity contribution in [3.05, 3.63) is 34.1 Å². The molecule has 20 heavy (non-hydrogen) atoms. The molecule has 0 aliphatic carbocycles. The van der Waals surface area contributed by atoms with Crippen molar-refractivity contribution in [1.29, 1.82) is 0 Å². The molecule has 0 aliphatic rings. The highest BCUT2D eigenvalue weighted by Gasteiger charge is 2.07. The van der Waals surface area contributed by atoms with Crippen LogP contribution in [0.15, 0.2) is 22.7 Å². The van der Waals surface area contributed by atoms with Crippen molar-refractivity contribution in [3.63, 3.8) is 0 Å². The molecule has 1 atom stereocenters. The average molecular weight is 345 g/mol. The van der Waals surface area contributed by atoms with Gasteiger partial charge in [0.2, 0.25) is 0 Å². The summed E-state index contributed by atoms with van der Waals surface area (Å²) in [4.78, 5) is 0. The third kappa shape index (κ3) is 7.39. The second-order valence-corrected chi connectivity index (χ2v) is 6.37. The van der Waals surface area contributed by atoms with Gasteiger partial charge in [-0.3, -0.25) is 0 Å². The predicted molar refractivity (Wildman–Crippen MR) is 86.4 cm³/mol. The Labute approximate surface area is 130 Å². The normalized spacial score (nSPS) is 12.6. The molecule has 3 heteroatoms. The largest absolute Gasteiger partial charge is 0.393 e. The SMILES string of the molecule is CCCCCCCCCC(O)Cc1ccc(F)c(Br)c1. The molecular weight excluding hydrogens is 319 g/mol. The van der Waals surface area contributed by atoms with Crippen LogP contribution in [-0.4, -0.2) is 11.2 Å². The van der Waals surface area contributed by atoms with Crippen LogP contribution >= 0.6 is 15.9 Å². The Morgan fingerprint density at radius 2 is 1.75 bits per heavy atom. The fourth-order valence-electron chi connectivity index (χ4n) is 2.38. The monoisotopic (exact) mass is 344 g/mol. The maximum Gasteiger partial charge on any atom is 0.137 e. The molecule has 114 valence electrons. The van der Waals surface area contributed by atoms with E-state index in [4.69, 9.17) is 0 Å². The van der Waals surface area contributed by atoms with Crippen molar-refractivity contribution in [3.8, 4) is 0 Å². The summed E-state index contributed by atoms with van der Waals surface area (Å²) in [6.45, 7) is 2.23. The minimum Gasteiger partial charge on any atom is -0.393 e. The molecule has 0 aromatic heterocycles. The first-order valence-electron chi connectivity index (χ1n) is 7.75. The number of benzene rings is 1. The molecule has 1 N–H and O–H groups in total. The molecule has 0 fully saturated rings. The fourth-order valence-corrected chi connectivity index (χ4v) is 2.80. The average Bonchev–Trinajstić information content (AvgIpc) is 2.42. The number of hydrogen-bond donors (Lipinski definition) is 1. The molecule has 0 spiro atoms. The van der Waals surface area contributed by atoms with Gasteiger partial charge in [0, 0.05) is 0 Å². The molecule has 0 saturated heterocycles. The molecule has 0 radical (unpaired) electrons. The van der Waals surface area contributed by atoms with E-state index in [1.807, 2.05) is 0 Å². The third-order valence-corrected chi connectivity index (χ3v) is 4.20. The van der Waals surface area contributed by atoms with Crippen molar-refractivity contribution >= 4 is 15.9 Å². The summed E-state index contributed by atoms with van der Waals surface area (Å²) in [5.74, 6) is -0.254. The van der Waals surface area contributed by atoms with E-state index < -0.39 is 0 Å². The summed E-state index contributed by atoms with van der Waals surface area (Å²) in [5.41, 5.74) is 0.980. The lowest BCUT2D eigenvalue weighted by Crippen LogP contribution is -2.10. The van der Waals surface area contributed by atoms with Crippen LogP contribution in [-0.2, 0) is 6.42 Å². The Kier molecular flexibility index (Phi) is 9.12. The van der Waals surface area contributed by atoms with Gasteiger partial charge in [-0.15, -0.1) is 0 Å². The zero-order chi connectivity index (χ0) is 14.8. The molecule has 1 aromatic carbocycles. The maximum absolute atomic E-state index is 13.1. The van der Waals surface area contributed by atoms with Gasteiger partial charge in [-0.25, -0.2) is 4.39 Å². The van der Waals surface area contributed by atoms with E-state index in [1.54, 1.807) is 12.1 Å². The number of hydrogen-bond acceptors (Lipinski definition) is 1. The third-order valence-electron chi connectivity index (χ3n) is 3.60. The highest BCUT2D eigenvalue weighted by molar-refractivity contribution is 9.10. The second kappa shape index (κ2) is 10.3. The fraction of sp³-hybridized carbons (Fsp3) is 0.647. The molecular formula is C17H26BrFO. The van der Waals surface area contributed by atoms with Crippen LogP contribution in [0.4, 0.5) is 4.39 Å². The first-order valence-corrected chi connectivity index (χ1v) is 8.54. The molecule has 0 aliphatic heterocycles. The van der Waals surface area contributed by atoms with Gasteiger partial charge in [-0.05, 0) is 46.5 Å². The number of rotatable bonds is 10. The number of aliphatic hydroxyl groups is 1. The van der Waals surface area contributed by atoms with E-state index in [2.05, 4.69) is 22.9 Å². The van der Waals surface area contributed by atoms with Gasteiger partial charge in [-0.1, -0.05) is 57.9 Å². The van der Waals surface area contributed by atoms with Gasteiger partial charge in [0.25, 0.3) is 0 Å². The van der Waals surface area contributed by atoms with Crippen molar-refractivity contribution in [1.82, 2.24) is 0 Å². The predicted octanol–water partition coefficient (Wildman–Crippen LogP) is 5.63. The zero-order valence-corrected chi connectivity index (χ0v) is 14.0. The van der Waals surface area contributed by atoms with Crippen LogP contribution in [0.1, 0.15) is 63.9 Å². The quantitative estimate of drug-likeness (QED) is 0.545. The topological polar surface area (TPSA) is 20.2 Å². The van der Waals surface area contributed by atoms with Crippen molar-refractivity contribution in [2.75, 3.05) is 0 Å². The Bertz CT molecular complexity index is 381. The van der Waals surface area contributed by atoms with Gasteiger partial charge in [0.1, 0.15) is 5.82 Å². The molecule has 1 rings (SSSR count). The van der Waals surface area contributed by atoms with Crippen LogP contribution in [0.3, 0.4) is 0 Å². The van der Waals surface area contributed by atoms with Crippen molar-refractivity contribution in [2.24, 2.45) is 0 Å². The number of unbranched alkanes of at least 4 members (excludes halogenated alkanes) is 6. The molecule has 1 aromatic rings. The summed E-state index contributed by atoms with van der Waals surface area (Å²) >= 11 is 3.17. The molecule has 0 saturated carbocycles. The van der Waals surface area contributed by atoms with E-state index >= 15 is 0 Å². The van der Waals surface area contributed by atoms with E-state index in [-0.39, 0.29) is 11.9 Å². The van der Waals surface area contributed by atoms with Gasteiger partial charge in [0.05, 0.1) is 10.6 Å². The van der Waals surface area contributed by atoms with Crippen LogP contribution in [0.25, 0.3) is 0 Å². The van der Waals surface area contributed by atoms with Gasteiger partial charge >= 0.3 is 0 Å². The van der Waals surface area contributed by atoms with E-state index in [0.29, 0.717) is 10.9 Å². The standard InChI is InChI=1S/C17H26BrFO/c1-2-3-4-5-6-7-8-9-15(20)12-14-10-11-17(19)16(18)13-14/h10-11,13,15,20H,2-9,12H2,1H3. The minimum atomic E-state index is -0.317. The molecule has 0 bridgehead atoms. The van der Waals surface area contributed by atoms with Crippen LogP contribution < -0.4 is 0 Å².